The van der Waals surface area contributed by atoms with Gasteiger partial charge in [-0.05, 0) is 121 Å². The van der Waals surface area contributed by atoms with Gasteiger partial charge < -0.3 is 28.5 Å². The lowest BCUT2D eigenvalue weighted by atomic mass is 9.97. The second-order valence-electron chi connectivity index (χ2n) is 26.3. The highest BCUT2D eigenvalue weighted by Gasteiger charge is 2.38. The molecule has 0 radical (unpaired) electrons. The van der Waals surface area contributed by atoms with Crippen molar-refractivity contribution in [1.82, 2.24) is 48.1 Å². The first-order valence-corrected chi connectivity index (χ1v) is 32.9. The van der Waals surface area contributed by atoms with E-state index in [2.05, 4.69) is 120 Å². The number of benzene rings is 6. The Hall–Kier alpha value is -9.32. The molecule has 1 N–H and O–H groups in total. The number of carbonyl (C=O) groups excluding carboxylic acids is 1. The van der Waals surface area contributed by atoms with E-state index in [-0.39, 0.29) is 17.0 Å². The summed E-state index contributed by atoms with van der Waals surface area (Å²) in [6.07, 6.45) is 8.13. The Morgan fingerprint density at radius 2 is 1.04 bits per heavy atom. The second kappa shape index (κ2) is 24.4. The molecule has 92 heavy (non-hydrogen) atoms. The first kappa shape index (κ1) is 57.8. The molecule has 4 saturated heterocycles. The maximum atomic E-state index is 13.0. The Balaban J connectivity index is 0.000000110. The van der Waals surface area contributed by atoms with Crippen molar-refractivity contribution in [2.75, 3.05) is 70.3 Å². The van der Waals surface area contributed by atoms with Crippen LogP contribution in [0.25, 0.3) is 44.1 Å². The van der Waals surface area contributed by atoms with Crippen LogP contribution in [0.15, 0.2) is 186 Å². The maximum absolute atomic E-state index is 13.0. The van der Waals surface area contributed by atoms with Crippen LogP contribution in [0, 0.1) is 0 Å². The van der Waals surface area contributed by atoms with E-state index in [1.165, 1.54) is 117 Å². The van der Waals surface area contributed by atoms with Gasteiger partial charge in [-0.2, -0.15) is 9.78 Å². The third kappa shape index (κ3) is 11.1. The molecule has 0 aliphatic carbocycles. The van der Waals surface area contributed by atoms with Crippen molar-refractivity contribution >= 4 is 44.3 Å². The number of aryl methyl sites for hydroxylation is 2. The third-order valence-electron chi connectivity index (χ3n) is 20.6. The van der Waals surface area contributed by atoms with Gasteiger partial charge in [0.1, 0.15) is 24.7 Å². The van der Waals surface area contributed by atoms with E-state index in [1.54, 1.807) is 23.0 Å². The third-order valence-corrected chi connectivity index (χ3v) is 20.6. The van der Waals surface area contributed by atoms with E-state index in [0.29, 0.717) is 49.0 Å². The number of rotatable bonds is 12. The summed E-state index contributed by atoms with van der Waals surface area (Å²) in [5.41, 5.74) is 18.2. The van der Waals surface area contributed by atoms with Gasteiger partial charge in [0.25, 0.3) is 11.1 Å². The predicted molar refractivity (Wildman–Crippen MR) is 362 cm³/mol. The summed E-state index contributed by atoms with van der Waals surface area (Å²) < 4.78 is 19.4. The van der Waals surface area contributed by atoms with Crippen molar-refractivity contribution in [3.8, 4) is 22.9 Å². The van der Waals surface area contributed by atoms with Crippen LogP contribution < -0.4 is 25.5 Å². The minimum atomic E-state index is -0.200. The zero-order chi connectivity index (χ0) is 62.0. The molecule has 16 heteroatoms. The normalized spacial score (nSPS) is 20.9. The average Bonchev–Trinajstić information content (AvgIpc) is 1.60. The molecule has 16 nitrogen and oxygen atoms in total. The fourth-order valence-corrected chi connectivity index (χ4v) is 16.0. The molecule has 0 spiro atoms. The first-order chi connectivity index (χ1) is 45.1. The number of pyridine rings is 1. The van der Waals surface area contributed by atoms with E-state index in [4.69, 9.17) is 9.47 Å². The van der Waals surface area contributed by atoms with Crippen LogP contribution in [-0.4, -0.2) is 119 Å². The predicted octanol–water partition coefficient (Wildman–Crippen LogP) is 11.2. The molecule has 6 aromatic carbocycles. The minimum Gasteiger partial charge on any atom is -0.489 e. The molecule has 12 heterocycles. The molecule has 466 valence electrons. The van der Waals surface area contributed by atoms with Crippen LogP contribution in [0.2, 0.25) is 0 Å². The van der Waals surface area contributed by atoms with Gasteiger partial charge in [0.2, 0.25) is 5.91 Å². The second-order valence-corrected chi connectivity index (χ2v) is 26.3. The number of nitrogens with one attached hydrogen (secondary N) is 1. The molecule has 6 atom stereocenters. The molecule has 4 fully saturated rings. The van der Waals surface area contributed by atoms with Crippen molar-refractivity contribution in [2.24, 2.45) is 14.1 Å². The molecule has 0 saturated carbocycles. The monoisotopic (exact) mass is 1220 g/mol. The lowest BCUT2D eigenvalue weighted by Gasteiger charge is -2.34. The van der Waals surface area contributed by atoms with Crippen LogP contribution >= 0.6 is 0 Å². The van der Waals surface area contributed by atoms with Crippen LogP contribution in [0.4, 0.5) is 5.69 Å². The lowest BCUT2D eigenvalue weighted by molar-refractivity contribution is -0.121. The number of fused-ring (bicyclic) bond motifs is 18. The zero-order valence-corrected chi connectivity index (χ0v) is 52.4. The molecule has 6 bridgehead atoms. The zero-order valence-electron chi connectivity index (χ0n) is 52.4. The molecule has 7 aliphatic heterocycles. The summed E-state index contributed by atoms with van der Waals surface area (Å²) in [5, 5.41) is 8.31. The van der Waals surface area contributed by atoms with E-state index < -0.39 is 0 Å². The van der Waals surface area contributed by atoms with Gasteiger partial charge in [-0.15, -0.1) is 0 Å². The Morgan fingerprint density at radius 1 is 0.500 bits per heavy atom. The van der Waals surface area contributed by atoms with E-state index >= 15 is 0 Å². The van der Waals surface area contributed by atoms with Gasteiger partial charge in [-0.25, -0.2) is 0 Å². The van der Waals surface area contributed by atoms with Gasteiger partial charge in [0, 0.05) is 154 Å². The summed E-state index contributed by atoms with van der Waals surface area (Å²) in [4.78, 5) is 54.1. The van der Waals surface area contributed by atoms with Gasteiger partial charge in [-0.1, -0.05) is 109 Å². The number of hydrogen-bond donors (Lipinski definition) is 1. The van der Waals surface area contributed by atoms with Crippen molar-refractivity contribution in [2.45, 2.75) is 76.3 Å². The van der Waals surface area contributed by atoms with Gasteiger partial charge in [-0.3, -0.25) is 38.6 Å². The Labute approximate surface area is 535 Å². The van der Waals surface area contributed by atoms with Crippen molar-refractivity contribution in [3.63, 3.8) is 0 Å². The molecule has 18 rings (SSSR count). The number of piperazine rings is 1. The largest absolute Gasteiger partial charge is 0.489 e. The number of aromatic nitrogens is 6. The van der Waals surface area contributed by atoms with E-state index in [9.17, 15) is 14.4 Å². The van der Waals surface area contributed by atoms with Crippen molar-refractivity contribution in [1.29, 1.82) is 0 Å². The number of ether oxygens (including phenoxy) is 2. The molecule has 1 amide bonds. The number of H-pyrrole nitrogens is 1. The summed E-state index contributed by atoms with van der Waals surface area (Å²) in [5.74, 6) is 3.18. The van der Waals surface area contributed by atoms with Crippen LogP contribution in [-0.2, 0) is 58.2 Å². The number of amides is 1. The highest BCUT2D eigenvalue weighted by atomic mass is 16.5. The van der Waals surface area contributed by atoms with Crippen molar-refractivity contribution < 1.29 is 14.3 Å². The first-order valence-electron chi connectivity index (χ1n) is 32.9. The van der Waals surface area contributed by atoms with Gasteiger partial charge >= 0.3 is 0 Å². The van der Waals surface area contributed by atoms with Crippen LogP contribution in [0.1, 0.15) is 87.5 Å². The summed E-state index contributed by atoms with van der Waals surface area (Å²) >= 11 is 0. The quantitative estimate of drug-likeness (QED) is 0.126. The van der Waals surface area contributed by atoms with Crippen molar-refractivity contribution in [3.05, 3.63) is 247 Å². The number of aromatic amines is 1. The Kier molecular flexibility index (Phi) is 15.3. The standard InChI is InChI=1S/C26H30N4O.C25H24N4O2.C25H23N3O2/c1-27-24-15-21(7-8-22(24)23-17-29-12-10-20(16-29)26(23)27)30-14-13-28(18-25(30)31)11-9-19-5-3-2-4-6-19;1-27-23-11-19(7-8-21(23)22-15-28-10-9-18(14-28)25(22)27)29-24(30)12-20(13-26-29)31-16-17-5-3-2-4-6-17;29-24-13-20(30-16-17-4-2-1-3-5-17)9-11-28(24)19-6-7-21-22-15-27-10-8-18(14-27)25(22)26-23(21)12-19/h2-8,15,20H,9-14,16-18H2,1H3;2-8,11-13,18H,9-10,14-16H2,1H3;1-7,9,11-13,18,26H,8,10,14-16H2. The van der Waals surface area contributed by atoms with Gasteiger partial charge in [0.05, 0.1) is 35.1 Å². The SMILES string of the molecule is Cn1c2c(c3ccc(-n4ncc(OCc5ccccc5)cc4=O)cc31)CN1CCC2C1.Cn1c2c(c3ccc(N4CCN(CCc5ccccc5)CC4=O)cc31)CN1CCC2C1.O=c1cc(OCc2ccccc2)ccn1-c1ccc2c3c([nH]c2c1)C1CCN(C3)C1. The Morgan fingerprint density at radius 3 is 1.66 bits per heavy atom. The number of nitrogens with zero attached hydrogens (tertiary/aromatic N) is 10. The summed E-state index contributed by atoms with van der Waals surface area (Å²) in [6.45, 7) is 14.2. The number of anilines is 1. The Bertz CT molecular complexity index is 4700. The number of carbonyl (C=O) groups is 1. The molecule has 7 aliphatic rings. The molecule has 11 aromatic rings. The maximum Gasteiger partial charge on any atom is 0.275 e. The molecular weight excluding hydrogens is 1150 g/mol. The van der Waals surface area contributed by atoms with Gasteiger partial charge in [0.15, 0.2) is 0 Å². The fourth-order valence-electron chi connectivity index (χ4n) is 16.0. The van der Waals surface area contributed by atoms with Crippen LogP contribution in [0.3, 0.4) is 0 Å². The van der Waals surface area contributed by atoms with Crippen LogP contribution in [0.5, 0.6) is 11.5 Å². The highest BCUT2D eigenvalue weighted by Crippen LogP contribution is 2.44. The smallest absolute Gasteiger partial charge is 0.275 e. The van der Waals surface area contributed by atoms with E-state index in [1.807, 2.05) is 89.8 Å². The average molecular weight is 1220 g/mol. The number of hydrogen-bond acceptors (Lipinski definition) is 10. The van der Waals surface area contributed by atoms with E-state index in [0.717, 1.165) is 98.0 Å². The lowest BCUT2D eigenvalue weighted by Crippen LogP contribution is -2.50. The fraction of sp³-hybridized carbons (Fsp3) is 0.316. The molecule has 5 aromatic heterocycles. The summed E-state index contributed by atoms with van der Waals surface area (Å²) in [7, 11) is 4.36. The highest BCUT2D eigenvalue weighted by molar-refractivity contribution is 5.98. The molecular formula is C76H77N11O5. The summed E-state index contributed by atoms with van der Waals surface area (Å²) in [6, 6.07) is 54.4. The minimum absolute atomic E-state index is 0.0959. The topological polar surface area (TPSA) is 134 Å². The molecule has 6 unspecified atom stereocenters.